The lowest BCUT2D eigenvalue weighted by Gasteiger charge is -2.42. The summed E-state index contributed by atoms with van der Waals surface area (Å²) in [6.45, 7) is 0. The third-order valence-corrected chi connectivity index (χ3v) is 3.36. The van der Waals surface area contributed by atoms with Gasteiger partial charge in [0.1, 0.15) is 11.9 Å². The maximum Gasteiger partial charge on any atom is 0.391 e. The van der Waals surface area contributed by atoms with E-state index in [0.29, 0.717) is 11.4 Å². The lowest BCUT2D eigenvalue weighted by atomic mass is 9.79. The molecule has 2 rings (SSSR count). The van der Waals surface area contributed by atoms with Crippen LogP contribution in [0.1, 0.15) is 18.4 Å². The minimum absolute atomic E-state index is 0.113. The zero-order valence-electron chi connectivity index (χ0n) is 9.78. The van der Waals surface area contributed by atoms with E-state index in [-0.39, 0.29) is 18.9 Å². The number of hydrogen-bond acceptors (Lipinski definition) is 3. The summed E-state index contributed by atoms with van der Waals surface area (Å²) in [5.74, 6) is -0.594. The molecule has 0 aromatic carbocycles. The molecule has 18 heavy (non-hydrogen) atoms. The molecule has 1 saturated carbocycles. The summed E-state index contributed by atoms with van der Waals surface area (Å²) in [5.41, 5.74) is 0.439. The van der Waals surface area contributed by atoms with Crippen molar-refractivity contribution in [3.8, 4) is 6.07 Å². The Balaban J connectivity index is 1.97. The minimum atomic E-state index is -4.09. The normalized spacial score (nSPS) is 23.1. The van der Waals surface area contributed by atoms with Gasteiger partial charge in [0.15, 0.2) is 0 Å². The highest BCUT2D eigenvalue weighted by Crippen LogP contribution is 2.43. The van der Waals surface area contributed by atoms with Gasteiger partial charge in [-0.3, -0.25) is 0 Å². The molecular weight excluding hydrogens is 243 g/mol. The van der Waals surface area contributed by atoms with Gasteiger partial charge in [0, 0.05) is 19.3 Å². The first-order valence-corrected chi connectivity index (χ1v) is 5.57. The van der Waals surface area contributed by atoms with Crippen LogP contribution in [0.15, 0.2) is 18.3 Å². The maximum atomic E-state index is 12.4. The fourth-order valence-corrected chi connectivity index (χ4v) is 2.02. The molecule has 0 radical (unpaired) electrons. The van der Waals surface area contributed by atoms with Crippen LogP contribution in [0.3, 0.4) is 0 Å². The first-order chi connectivity index (χ1) is 8.41. The quantitative estimate of drug-likeness (QED) is 0.815. The topological polar surface area (TPSA) is 39.9 Å². The molecule has 6 heteroatoms. The highest BCUT2D eigenvalue weighted by Gasteiger charge is 2.49. The molecule has 0 atom stereocenters. The molecule has 0 unspecified atom stereocenters. The van der Waals surface area contributed by atoms with Crippen molar-refractivity contribution in [2.45, 2.75) is 25.1 Å². The van der Waals surface area contributed by atoms with Crippen molar-refractivity contribution in [1.29, 1.82) is 5.26 Å². The van der Waals surface area contributed by atoms with Gasteiger partial charge >= 0.3 is 6.18 Å². The minimum Gasteiger partial charge on any atom is -0.357 e. The van der Waals surface area contributed by atoms with Gasteiger partial charge in [-0.25, -0.2) is 4.98 Å². The van der Waals surface area contributed by atoms with Gasteiger partial charge in [-0.15, -0.1) is 0 Å². The van der Waals surface area contributed by atoms with Crippen molar-refractivity contribution < 1.29 is 13.2 Å². The van der Waals surface area contributed by atoms with Crippen molar-refractivity contribution in [3.05, 3.63) is 23.9 Å². The number of aromatic nitrogens is 1. The number of pyridine rings is 1. The number of halogens is 3. The Morgan fingerprint density at radius 3 is 2.50 bits per heavy atom. The van der Waals surface area contributed by atoms with Crippen LogP contribution < -0.4 is 4.90 Å². The summed E-state index contributed by atoms with van der Waals surface area (Å²) < 4.78 is 37.1. The molecule has 1 aliphatic rings. The monoisotopic (exact) mass is 255 g/mol. The molecule has 1 aliphatic carbocycles. The van der Waals surface area contributed by atoms with Crippen LogP contribution in [0.5, 0.6) is 0 Å². The van der Waals surface area contributed by atoms with E-state index in [9.17, 15) is 13.2 Å². The lowest BCUT2D eigenvalue weighted by Crippen LogP contribution is -2.48. The number of hydrogen-bond donors (Lipinski definition) is 0. The SMILES string of the molecule is CN(c1ccc(C#N)cn1)[C@H]1C[C@H](C(F)(F)F)C1. The van der Waals surface area contributed by atoms with E-state index in [0.717, 1.165) is 0 Å². The molecule has 0 amide bonds. The van der Waals surface area contributed by atoms with E-state index in [1.807, 2.05) is 6.07 Å². The molecule has 1 heterocycles. The van der Waals surface area contributed by atoms with Gasteiger partial charge in [-0.05, 0) is 25.0 Å². The molecule has 1 fully saturated rings. The maximum absolute atomic E-state index is 12.4. The molecular formula is C12H12F3N3. The van der Waals surface area contributed by atoms with Gasteiger partial charge in [0.05, 0.1) is 11.5 Å². The van der Waals surface area contributed by atoms with Crippen LogP contribution in [-0.4, -0.2) is 24.2 Å². The summed E-state index contributed by atoms with van der Waals surface area (Å²) in [4.78, 5) is 5.80. The van der Waals surface area contributed by atoms with Gasteiger partial charge in [0.2, 0.25) is 0 Å². The molecule has 96 valence electrons. The number of alkyl halides is 3. The zero-order chi connectivity index (χ0) is 13.3. The molecule has 0 N–H and O–H groups in total. The third-order valence-electron chi connectivity index (χ3n) is 3.36. The Kier molecular flexibility index (Phi) is 3.16. The van der Waals surface area contributed by atoms with Crippen LogP contribution in [0.4, 0.5) is 19.0 Å². The number of nitriles is 1. The average Bonchev–Trinajstić information content (AvgIpc) is 2.25. The summed E-state index contributed by atoms with van der Waals surface area (Å²) in [7, 11) is 1.73. The largest absolute Gasteiger partial charge is 0.391 e. The summed E-state index contributed by atoms with van der Waals surface area (Å²) in [6.07, 6.45) is -2.44. The number of anilines is 1. The van der Waals surface area contributed by atoms with Crippen molar-refractivity contribution in [3.63, 3.8) is 0 Å². The van der Waals surface area contributed by atoms with Crippen LogP contribution >= 0.6 is 0 Å². The Hall–Kier alpha value is -1.77. The fraction of sp³-hybridized carbons (Fsp3) is 0.500. The van der Waals surface area contributed by atoms with E-state index >= 15 is 0 Å². The van der Waals surface area contributed by atoms with Crippen molar-refractivity contribution >= 4 is 5.82 Å². The van der Waals surface area contributed by atoms with Crippen LogP contribution in [0.2, 0.25) is 0 Å². The van der Waals surface area contributed by atoms with Crippen LogP contribution in [0, 0.1) is 17.2 Å². The van der Waals surface area contributed by atoms with E-state index in [4.69, 9.17) is 5.26 Å². The van der Waals surface area contributed by atoms with Crippen LogP contribution in [0.25, 0.3) is 0 Å². The van der Waals surface area contributed by atoms with Gasteiger partial charge in [-0.1, -0.05) is 0 Å². The molecule has 3 nitrogen and oxygen atoms in total. The second-order valence-electron chi connectivity index (χ2n) is 4.49. The predicted molar refractivity (Wildman–Crippen MR) is 59.9 cm³/mol. The first kappa shape index (κ1) is 12.7. The van der Waals surface area contributed by atoms with Gasteiger partial charge in [-0.2, -0.15) is 18.4 Å². The zero-order valence-corrected chi connectivity index (χ0v) is 9.78. The van der Waals surface area contributed by atoms with Crippen LogP contribution in [-0.2, 0) is 0 Å². The highest BCUT2D eigenvalue weighted by atomic mass is 19.4. The third kappa shape index (κ3) is 2.40. The second-order valence-corrected chi connectivity index (χ2v) is 4.49. The molecule has 1 aromatic rings. The molecule has 0 bridgehead atoms. The summed E-state index contributed by atoms with van der Waals surface area (Å²) in [6, 6.07) is 5.08. The Labute approximate surface area is 103 Å². The molecule has 0 saturated heterocycles. The fourth-order valence-electron chi connectivity index (χ4n) is 2.02. The van der Waals surface area contributed by atoms with E-state index in [2.05, 4.69) is 4.98 Å². The van der Waals surface area contributed by atoms with E-state index < -0.39 is 12.1 Å². The summed E-state index contributed by atoms with van der Waals surface area (Å²) in [5, 5.41) is 8.63. The van der Waals surface area contributed by atoms with Crippen molar-refractivity contribution in [2.75, 3.05) is 11.9 Å². The Bertz CT molecular complexity index is 455. The summed E-state index contributed by atoms with van der Waals surface area (Å²) >= 11 is 0. The number of rotatable bonds is 2. The standard InChI is InChI=1S/C12H12F3N3/c1-18(10-4-9(5-10)12(13,14)15)11-3-2-8(6-16)7-17-11/h2-3,7,9-10H,4-5H2,1H3/t9-,10-. The van der Waals surface area contributed by atoms with Gasteiger partial charge in [0.25, 0.3) is 0 Å². The number of nitrogens with zero attached hydrogens (tertiary/aromatic N) is 3. The van der Waals surface area contributed by atoms with Gasteiger partial charge < -0.3 is 4.90 Å². The molecule has 0 spiro atoms. The second kappa shape index (κ2) is 4.48. The predicted octanol–water partition coefficient (Wildman–Crippen LogP) is 2.73. The van der Waals surface area contributed by atoms with Crippen molar-refractivity contribution in [1.82, 2.24) is 4.98 Å². The van der Waals surface area contributed by atoms with E-state index in [1.165, 1.54) is 6.20 Å². The Morgan fingerprint density at radius 2 is 2.06 bits per heavy atom. The Morgan fingerprint density at radius 1 is 1.39 bits per heavy atom. The highest BCUT2D eigenvalue weighted by molar-refractivity contribution is 5.42. The molecule has 0 aliphatic heterocycles. The molecule has 1 aromatic heterocycles. The van der Waals surface area contributed by atoms with E-state index in [1.54, 1.807) is 24.1 Å². The average molecular weight is 255 g/mol. The lowest BCUT2D eigenvalue weighted by molar-refractivity contribution is -0.196. The van der Waals surface area contributed by atoms with Crippen molar-refractivity contribution in [2.24, 2.45) is 5.92 Å². The first-order valence-electron chi connectivity index (χ1n) is 5.57. The smallest absolute Gasteiger partial charge is 0.357 e.